The Kier molecular flexibility index (Phi) is 5.37. The van der Waals surface area contributed by atoms with Crippen LogP contribution in [0.3, 0.4) is 0 Å². The summed E-state index contributed by atoms with van der Waals surface area (Å²) in [7, 11) is 1.54. The van der Waals surface area contributed by atoms with E-state index in [2.05, 4.69) is 21.2 Å². The highest BCUT2D eigenvalue weighted by atomic mass is 79.9. The standard InChI is InChI=1S/C17H19BrFNO/c1-4-20-17(14-7-5-6-11(2)16(14)18)13-9-8-12(21-3)10-15(13)19/h5-10,17,20H,4H2,1-3H3. The fourth-order valence-electron chi connectivity index (χ4n) is 2.35. The predicted molar refractivity (Wildman–Crippen MR) is 87.4 cm³/mol. The zero-order valence-corrected chi connectivity index (χ0v) is 14.0. The highest BCUT2D eigenvalue weighted by Gasteiger charge is 2.20. The summed E-state index contributed by atoms with van der Waals surface area (Å²) in [6, 6.07) is 10.8. The van der Waals surface area contributed by atoms with Gasteiger partial charge in [-0.25, -0.2) is 4.39 Å². The van der Waals surface area contributed by atoms with Crippen LogP contribution in [0.4, 0.5) is 4.39 Å². The van der Waals surface area contributed by atoms with E-state index in [0.717, 1.165) is 22.1 Å². The lowest BCUT2D eigenvalue weighted by molar-refractivity contribution is 0.410. The second-order valence-corrected chi connectivity index (χ2v) is 5.65. The molecule has 0 radical (unpaired) electrons. The minimum absolute atomic E-state index is 0.199. The molecule has 2 rings (SSSR count). The average Bonchev–Trinajstić information content (AvgIpc) is 2.48. The molecule has 0 aliphatic heterocycles. The molecule has 0 saturated carbocycles. The Morgan fingerprint density at radius 1 is 1.24 bits per heavy atom. The number of rotatable bonds is 5. The van der Waals surface area contributed by atoms with E-state index in [1.54, 1.807) is 12.1 Å². The van der Waals surface area contributed by atoms with Crippen LogP contribution in [-0.4, -0.2) is 13.7 Å². The van der Waals surface area contributed by atoms with E-state index in [1.807, 2.05) is 32.0 Å². The molecule has 0 fully saturated rings. The summed E-state index contributed by atoms with van der Waals surface area (Å²) in [4.78, 5) is 0. The van der Waals surface area contributed by atoms with Gasteiger partial charge in [-0.05, 0) is 30.7 Å². The smallest absolute Gasteiger partial charge is 0.132 e. The lowest BCUT2D eigenvalue weighted by Gasteiger charge is -2.22. The number of halogens is 2. The third-order valence-corrected chi connectivity index (χ3v) is 4.54. The lowest BCUT2D eigenvalue weighted by atomic mass is 9.96. The molecule has 1 unspecified atom stereocenters. The zero-order chi connectivity index (χ0) is 15.4. The Morgan fingerprint density at radius 3 is 2.62 bits per heavy atom. The SMILES string of the molecule is CCNC(c1ccc(OC)cc1F)c1cccc(C)c1Br. The van der Waals surface area contributed by atoms with E-state index in [4.69, 9.17) is 4.74 Å². The van der Waals surface area contributed by atoms with Gasteiger partial charge in [0, 0.05) is 16.1 Å². The Bertz CT molecular complexity index is 630. The van der Waals surface area contributed by atoms with Gasteiger partial charge in [-0.1, -0.05) is 47.1 Å². The molecule has 4 heteroatoms. The quantitative estimate of drug-likeness (QED) is 0.849. The van der Waals surface area contributed by atoms with Crippen LogP contribution in [0.15, 0.2) is 40.9 Å². The number of methoxy groups -OCH3 is 1. The summed E-state index contributed by atoms with van der Waals surface area (Å²) in [5.74, 6) is 0.253. The molecule has 0 aliphatic carbocycles. The lowest BCUT2D eigenvalue weighted by Crippen LogP contribution is -2.23. The summed E-state index contributed by atoms with van der Waals surface area (Å²) in [6.07, 6.45) is 0. The average molecular weight is 352 g/mol. The van der Waals surface area contributed by atoms with Crippen LogP contribution in [0.2, 0.25) is 0 Å². The molecule has 1 N–H and O–H groups in total. The van der Waals surface area contributed by atoms with Gasteiger partial charge in [0.25, 0.3) is 0 Å². The third-order valence-electron chi connectivity index (χ3n) is 3.46. The molecular formula is C17H19BrFNO. The second kappa shape index (κ2) is 7.05. The fraction of sp³-hybridized carbons (Fsp3) is 0.294. The van der Waals surface area contributed by atoms with E-state index >= 15 is 0 Å². The largest absolute Gasteiger partial charge is 0.497 e. The minimum atomic E-state index is -0.270. The van der Waals surface area contributed by atoms with Crippen molar-refractivity contribution in [1.29, 1.82) is 0 Å². The van der Waals surface area contributed by atoms with Crippen molar-refractivity contribution in [3.8, 4) is 5.75 Å². The Morgan fingerprint density at radius 2 is 2.00 bits per heavy atom. The van der Waals surface area contributed by atoms with Gasteiger partial charge in [0.05, 0.1) is 13.2 Å². The summed E-state index contributed by atoms with van der Waals surface area (Å²) in [5.41, 5.74) is 2.77. The highest BCUT2D eigenvalue weighted by Crippen LogP contribution is 2.33. The van der Waals surface area contributed by atoms with Crippen LogP contribution in [-0.2, 0) is 0 Å². The van der Waals surface area contributed by atoms with Crippen LogP contribution >= 0.6 is 15.9 Å². The number of ether oxygens (including phenoxy) is 1. The number of nitrogens with one attached hydrogen (secondary N) is 1. The first-order chi connectivity index (χ1) is 10.1. The van der Waals surface area contributed by atoms with Crippen molar-refractivity contribution in [1.82, 2.24) is 5.32 Å². The van der Waals surface area contributed by atoms with Gasteiger partial charge in [-0.3, -0.25) is 0 Å². The van der Waals surface area contributed by atoms with Gasteiger partial charge in [-0.15, -0.1) is 0 Å². The molecule has 0 amide bonds. The molecule has 112 valence electrons. The number of hydrogen-bond acceptors (Lipinski definition) is 2. The van der Waals surface area contributed by atoms with Crippen LogP contribution < -0.4 is 10.1 Å². The van der Waals surface area contributed by atoms with Gasteiger partial charge in [0.1, 0.15) is 11.6 Å². The monoisotopic (exact) mass is 351 g/mol. The molecule has 2 aromatic rings. The van der Waals surface area contributed by atoms with Crippen molar-refractivity contribution >= 4 is 15.9 Å². The van der Waals surface area contributed by atoms with Gasteiger partial charge in [-0.2, -0.15) is 0 Å². The summed E-state index contributed by atoms with van der Waals surface area (Å²) < 4.78 is 20.5. The minimum Gasteiger partial charge on any atom is -0.497 e. The van der Waals surface area contributed by atoms with Crippen molar-refractivity contribution in [2.45, 2.75) is 19.9 Å². The van der Waals surface area contributed by atoms with Crippen LogP contribution in [0.5, 0.6) is 5.75 Å². The number of benzene rings is 2. The van der Waals surface area contributed by atoms with Gasteiger partial charge < -0.3 is 10.1 Å². The first-order valence-corrected chi connectivity index (χ1v) is 7.69. The molecule has 0 heterocycles. The fourth-order valence-corrected chi connectivity index (χ4v) is 2.85. The summed E-state index contributed by atoms with van der Waals surface area (Å²) >= 11 is 3.61. The van der Waals surface area contributed by atoms with Crippen molar-refractivity contribution < 1.29 is 9.13 Å². The molecule has 21 heavy (non-hydrogen) atoms. The molecule has 0 aliphatic rings. The Labute approximate surface area is 133 Å². The molecule has 0 spiro atoms. The van der Waals surface area contributed by atoms with Crippen LogP contribution in [0.25, 0.3) is 0 Å². The van der Waals surface area contributed by atoms with Crippen molar-refractivity contribution in [2.75, 3.05) is 13.7 Å². The highest BCUT2D eigenvalue weighted by molar-refractivity contribution is 9.10. The molecule has 2 nitrogen and oxygen atoms in total. The Hall–Kier alpha value is -1.39. The maximum Gasteiger partial charge on any atom is 0.132 e. The third kappa shape index (κ3) is 3.44. The van der Waals surface area contributed by atoms with E-state index in [0.29, 0.717) is 11.3 Å². The normalized spacial score (nSPS) is 12.2. The van der Waals surface area contributed by atoms with Gasteiger partial charge >= 0.3 is 0 Å². The number of aryl methyl sites for hydroxylation is 1. The maximum atomic E-state index is 14.4. The van der Waals surface area contributed by atoms with E-state index in [9.17, 15) is 4.39 Å². The molecule has 1 atom stereocenters. The van der Waals surface area contributed by atoms with E-state index in [-0.39, 0.29) is 11.9 Å². The van der Waals surface area contributed by atoms with Crippen molar-refractivity contribution in [3.05, 3.63) is 63.4 Å². The topological polar surface area (TPSA) is 21.3 Å². The van der Waals surface area contributed by atoms with E-state index < -0.39 is 0 Å². The first-order valence-electron chi connectivity index (χ1n) is 6.90. The van der Waals surface area contributed by atoms with Crippen LogP contribution in [0.1, 0.15) is 29.7 Å². The second-order valence-electron chi connectivity index (χ2n) is 4.86. The van der Waals surface area contributed by atoms with E-state index in [1.165, 1.54) is 13.2 Å². The molecular weight excluding hydrogens is 333 g/mol. The zero-order valence-electron chi connectivity index (χ0n) is 12.4. The van der Waals surface area contributed by atoms with Crippen molar-refractivity contribution in [2.24, 2.45) is 0 Å². The van der Waals surface area contributed by atoms with Gasteiger partial charge in [0.2, 0.25) is 0 Å². The summed E-state index contributed by atoms with van der Waals surface area (Å²) in [5, 5.41) is 3.35. The summed E-state index contributed by atoms with van der Waals surface area (Å²) in [6.45, 7) is 4.79. The van der Waals surface area contributed by atoms with Crippen LogP contribution in [0, 0.1) is 12.7 Å². The molecule has 0 aromatic heterocycles. The molecule has 2 aromatic carbocycles. The maximum absolute atomic E-state index is 14.4. The predicted octanol–water partition coefficient (Wildman–Crippen LogP) is 4.60. The van der Waals surface area contributed by atoms with Gasteiger partial charge in [0.15, 0.2) is 0 Å². The van der Waals surface area contributed by atoms with Crippen molar-refractivity contribution in [3.63, 3.8) is 0 Å². The molecule has 0 saturated heterocycles. The first kappa shape index (κ1) is 16.0. The number of hydrogen-bond donors (Lipinski definition) is 1. The Balaban J connectivity index is 2.51. The molecule has 0 bridgehead atoms.